The Bertz CT molecular complexity index is 539. The Morgan fingerprint density at radius 2 is 2.30 bits per heavy atom. The number of hydrogen-bond acceptors (Lipinski definition) is 6. The summed E-state index contributed by atoms with van der Waals surface area (Å²) in [7, 11) is 1.53. The zero-order valence-electron chi connectivity index (χ0n) is 10.9. The van der Waals surface area contributed by atoms with Crippen LogP contribution in [0.4, 0.5) is 11.4 Å². The predicted molar refractivity (Wildman–Crippen MR) is 71.2 cm³/mol. The lowest BCUT2D eigenvalue weighted by Crippen LogP contribution is -2.32. The van der Waals surface area contributed by atoms with Crippen molar-refractivity contribution in [3.05, 3.63) is 33.9 Å². The lowest BCUT2D eigenvalue weighted by Gasteiger charge is -2.08. The molecule has 0 unspecified atom stereocenters. The van der Waals surface area contributed by atoms with Crippen LogP contribution >= 0.6 is 0 Å². The third kappa shape index (κ3) is 4.55. The van der Waals surface area contributed by atoms with Crippen molar-refractivity contribution < 1.29 is 14.5 Å². The van der Waals surface area contributed by atoms with E-state index in [1.54, 1.807) is 0 Å². The maximum atomic E-state index is 11.4. The van der Waals surface area contributed by atoms with Crippen molar-refractivity contribution in [1.29, 1.82) is 5.26 Å². The molecule has 8 heteroatoms. The van der Waals surface area contributed by atoms with Crippen LogP contribution in [0.1, 0.15) is 5.56 Å². The van der Waals surface area contributed by atoms with E-state index in [-0.39, 0.29) is 23.7 Å². The molecule has 0 bridgehead atoms. The van der Waals surface area contributed by atoms with Crippen molar-refractivity contribution in [3.8, 4) is 6.07 Å². The van der Waals surface area contributed by atoms with Gasteiger partial charge in [0.25, 0.3) is 5.69 Å². The molecule has 1 rings (SSSR count). The second-order valence-corrected chi connectivity index (χ2v) is 3.80. The number of nitro groups is 1. The summed E-state index contributed by atoms with van der Waals surface area (Å²) in [6, 6.07) is 5.68. The van der Waals surface area contributed by atoms with E-state index in [2.05, 4.69) is 10.6 Å². The van der Waals surface area contributed by atoms with E-state index >= 15 is 0 Å². The summed E-state index contributed by atoms with van der Waals surface area (Å²) in [6.45, 7) is 0.769. The average Bonchev–Trinajstić information content (AvgIpc) is 2.45. The van der Waals surface area contributed by atoms with Gasteiger partial charge < -0.3 is 15.4 Å². The molecule has 1 amide bonds. The zero-order valence-corrected chi connectivity index (χ0v) is 10.9. The number of benzene rings is 1. The largest absolute Gasteiger partial charge is 0.383 e. The lowest BCUT2D eigenvalue weighted by atomic mass is 10.1. The quantitative estimate of drug-likeness (QED) is 0.429. The zero-order chi connectivity index (χ0) is 15.0. The molecule has 0 spiro atoms. The number of nitrogens with one attached hydrogen (secondary N) is 2. The minimum atomic E-state index is -0.581. The van der Waals surface area contributed by atoms with E-state index in [1.165, 1.54) is 19.2 Å². The number of nitrogens with zero attached hydrogens (tertiary/aromatic N) is 2. The van der Waals surface area contributed by atoms with E-state index in [9.17, 15) is 14.9 Å². The molecule has 1 aromatic carbocycles. The first-order valence-corrected chi connectivity index (χ1v) is 5.76. The number of carbonyl (C=O) groups is 1. The number of rotatable bonds is 7. The number of hydrogen-bond donors (Lipinski definition) is 2. The fraction of sp³-hybridized carbons (Fsp3) is 0.333. The molecule has 0 aliphatic rings. The maximum absolute atomic E-state index is 11.4. The van der Waals surface area contributed by atoms with Gasteiger partial charge in [-0.15, -0.1) is 0 Å². The molecule has 8 nitrogen and oxygen atoms in total. The number of non-ortho nitro benzene ring substituents is 1. The van der Waals surface area contributed by atoms with Crippen LogP contribution in [0.25, 0.3) is 0 Å². The maximum Gasteiger partial charge on any atom is 0.270 e. The average molecular weight is 278 g/mol. The van der Waals surface area contributed by atoms with E-state index in [0.29, 0.717) is 18.8 Å². The third-order valence-electron chi connectivity index (χ3n) is 2.40. The first kappa shape index (κ1) is 15.4. The van der Waals surface area contributed by atoms with Crippen molar-refractivity contribution in [2.24, 2.45) is 0 Å². The molecule has 0 aliphatic heterocycles. The summed E-state index contributed by atoms with van der Waals surface area (Å²) < 4.78 is 4.79. The minimum Gasteiger partial charge on any atom is -0.383 e. The molecule has 20 heavy (non-hydrogen) atoms. The van der Waals surface area contributed by atoms with Crippen molar-refractivity contribution >= 4 is 17.3 Å². The van der Waals surface area contributed by atoms with Crippen LogP contribution in [-0.2, 0) is 9.53 Å². The molecule has 0 heterocycles. The number of anilines is 1. The number of carbonyl (C=O) groups excluding carboxylic acids is 1. The Balaban J connectivity index is 2.62. The molecule has 0 aliphatic carbocycles. The monoisotopic (exact) mass is 278 g/mol. The Labute approximate surface area is 115 Å². The highest BCUT2D eigenvalue weighted by Crippen LogP contribution is 2.20. The smallest absolute Gasteiger partial charge is 0.270 e. The van der Waals surface area contributed by atoms with Gasteiger partial charge in [0.15, 0.2) is 0 Å². The van der Waals surface area contributed by atoms with Crippen LogP contribution in [0.3, 0.4) is 0 Å². The lowest BCUT2D eigenvalue weighted by molar-refractivity contribution is -0.384. The fourth-order valence-corrected chi connectivity index (χ4v) is 1.42. The topological polar surface area (TPSA) is 117 Å². The Morgan fingerprint density at radius 3 is 2.90 bits per heavy atom. The second-order valence-electron chi connectivity index (χ2n) is 3.80. The Hall–Kier alpha value is -2.66. The van der Waals surface area contributed by atoms with Gasteiger partial charge in [-0.05, 0) is 6.07 Å². The van der Waals surface area contributed by atoms with Crippen LogP contribution in [0.2, 0.25) is 0 Å². The van der Waals surface area contributed by atoms with Crippen LogP contribution in [0, 0.1) is 21.4 Å². The molecule has 2 N–H and O–H groups in total. The fourth-order valence-electron chi connectivity index (χ4n) is 1.42. The minimum absolute atomic E-state index is 0.0315. The van der Waals surface area contributed by atoms with Gasteiger partial charge in [-0.3, -0.25) is 14.9 Å². The van der Waals surface area contributed by atoms with E-state index in [0.717, 1.165) is 6.07 Å². The number of nitriles is 1. The van der Waals surface area contributed by atoms with Gasteiger partial charge in [0.2, 0.25) is 5.91 Å². The summed E-state index contributed by atoms with van der Waals surface area (Å²) in [4.78, 5) is 21.5. The summed E-state index contributed by atoms with van der Waals surface area (Å²) in [5.74, 6) is -0.260. The molecule has 0 saturated carbocycles. The van der Waals surface area contributed by atoms with Gasteiger partial charge in [0.05, 0.1) is 29.3 Å². The van der Waals surface area contributed by atoms with E-state index in [1.807, 2.05) is 6.07 Å². The highest BCUT2D eigenvalue weighted by molar-refractivity contribution is 5.81. The summed E-state index contributed by atoms with van der Waals surface area (Å²) in [5, 5.41) is 24.9. The number of ether oxygens (including phenoxy) is 1. The predicted octanol–water partition coefficient (Wildman–Crippen LogP) is 0.641. The first-order chi connectivity index (χ1) is 9.58. The molecule has 0 saturated heterocycles. The first-order valence-electron chi connectivity index (χ1n) is 5.76. The van der Waals surface area contributed by atoms with Crippen molar-refractivity contribution in [2.45, 2.75) is 0 Å². The van der Waals surface area contributed by atoms with Gasteiger partial charge in [0.1, 0.15) is 6.07 Å². The van der Waals surface area contributed by atoms with Gasteiger partial charge in [-0.2, -0.15) is 5.26 Å². The van der Waals surface area contributed by atoms with E-state index < -0.39 is 4.92 Å². The Morgan fingerprint density at radius 1 is 1.55 bits per heavy atom. The van der Waals surface area contributed by atoms with E-state index in [4.69, 9.17) is 10.00 Å². The molecule has 0 aromatic heterocycles. The van der Waals surface area contributed by atoms with Crippen molar-refractivity contribution in [1.82, 2.24) is 5.32 Å². The molecular formula is C12H14N4O4. The van der Waals surface area contributed by atoms with Crippen molar-refractivity contribution in [3.63, 3.8) is 0 Å². The standard InChI is InChI=1S/C12H14N4O4/c1-20-5-4-14-12(17)8-15-11-3-2-10(16(18)19)6-9(11)7-13/h2-3,6,15H,4-5,8H2,1H3,(H,14,17). The van der Waals surface area contributed by atoms with Crippen LogP contribution < -0.4 is 10.6 Å². The van der Waals surface area contributed by atoms with Gasteiger partial charge >= 0.3 is 0 Å². The highest BCUT2D eigenvalue weighted by Gasteiger charge is 2.11. The second kappa shape index (κ2) is 7.70. The summed E-state index contributed by atoms with van der Waals surface area (Å²) in [5.41, 5.74) is 0.320. The van der Waals surface area contributed by atoms with Crippen LogP contribution in [0.5, 0.6) is 0 Å². The molecule has 0 atom stereocenters. The van der Waals surface area contributed by atoms with Crippen LogP contribution in [-0.4, -0.2) is 37.6 Å². The molecule has 106 valence electrons. The number of amides is 1. The summed E-state index contributed by atoms with van der Waals surface area (Å²) in [6.07, 6.45) is 0. The Kier molecular flexibility index (Phi) is 5.93. The number of nitro benzene ring substituents is 1. The molecular weight excluding hydrogens is 264 g/mol. The van der Waals surface area contributed by atoms with Crippen molar-refractivity contribution in [2.75, 3.05) is 32.1 Å². The van der Waals surface area contributed by atoms with Gasteiger partial charge in [-0.25, -0.2) is 0 Å². The van der Waals surface area contributed by atoms with Crippen LogP contribution in [0.15, 0.2) is 18.2 Å². The molecule has 0 fully saturated rings. The normalized spacial score (nSPS) is 9.60. The van der Waals surface area contributed by atoms with Gasteiger partial charge in [-0.1, -0.05) is 0 Å². The van der Waals surface area contributed by atoms with Gasteiger partial charge in [0, 0.05) is 25.8 Å². The highest BCUT2D eigenvalue weighted by atomic mass is 16.6. The number of methoxy groups -OCH3 is 1. The molecule has 0 radical (unpaired) electrons. The molecule has 1 aromatic rings. The summed E-state index contributed by atoms with van der Waals surface area (Å²) >= 11 is 0. The third-order valence-corrected chi connectivity index (χ3v) is 2.40. The SMILES string of the molecule is COCCNC(=O)CNc1ccc([N+](=O)[O-])cc1C#N.